The first-order valence-electron chi connectivity index (χ1n) is 6.85. The number of benzene rings is 2. The number of hydrogen-bond donors (Lipinski definition) is 0. The Morgan fingerprint density at radius 2 is 0.880 bits per heavy atom. The zero-order valence-corrected chi connectivity index (χ0v) is 15.0. The molecule has 0 spiro atoms. The van der Waals surface area contributed by atoms with Gasteiger partial charge in [-0.1, -0.05) is 0 Å². The highest BCUT2D eigenvalue weighted by molar-refractivity contribution is 8.04. The van der Waals surface area contributed by atoms with Gasteiger partial charge in [0.25, 0.3) is 0 Å². The number of hydrogen-bond acceptors (Lipinski definition) is 8. The van der Waals surface area contributed by atoms with Crippen LogP contribution in [0.2, 0.25) is 0 Å². The van der Waals surface area contributed by atoms with E-state index in [-0.39, 0.29) is 11.5 Å². The van der Waals surface area contributed by atoms with Gasteiger partial charge in [-0.3, -0.25) is 0 Å². The normalized spacial score (nSPS) is 11.6. The minimum Gasteiger partial charge on any atom is -0.497 e. The smallest absolute Gasteiger partial charge is 0.327 e. The van der Waals surface area contributed by atoms with Gasteiger partial charge in [0.2, 0.25) is 5.08 Å². The summed E-state index contributed by atoms with van der Waals surface area (Å²) in [4.78, 5) is 0. The molecule has 0 aliphatic rings. The molecule has 0 aromatic heterocycles. The molecule has 0 saturated carbocycles. The van der Waals surface area contributed by atoms with E-state index in [1.807, 2.05) is 0 Å². The van der Waals surface area contributed by atoms with Gasteiger partial charge >= 0.3 is 20.2 Å². The molecule has 0 N–H and O–H groups in total. The van der Waals surface area contributed by atoms with Gasteiger partial charge in [0, 0.05) is 0 Å². The van der Waals surface area contributed by atoms with Gasteiger partial charge in [-0.05, 0) is 48.5 Å². The van der Waals surface area contributed by atoms with Gasteiger partial charge in [-0.15, -0.1) is 0 Å². The van der Waals surface area contributed by atoms with Crippen LogP contribution in [-0.2, 0) is 20.2 Å². The van der Waals surface area contributed by atoms with Crippen molar-refractivity contribution in [1.29, 1.82) is 0 Å². The third-order valence-corrected chi connectivity index (χ3v) is 6.06. The van der Waals surface area contributed by atoms with Crippen molar-refractivity contribution < 1.29 is 34.7 Å². The first-order valence-corrected chi connectivity index (χ1v) is 10.0. The van der Waals surface area contributed by atoms with E-state index in [9.17, 15) is 16.8 Å². The third-order valence-electron chi connectivity index (χ3n) is 2.85. The summed E-state index contributed by atoms with van der Waals surface area (Å²) in [5, 5.41) is -1.34. The zero-order valence-electron chi connectivity index (χ0n) is 13.4. The Labute approximate surface area is 146 Å². The molecule has 0 fully saturated rings. The molecule has 0 amide bonds. The number of methoxy groups -OCH3 is 2. The van der Waals surface area contributed by atoms with E-state index >= 15 is 0 Å². The van der Waals surface area contributed by atoms with E-state index in [1.54, 1.807) is 0 Å². The molecular weight excluding hydrogens is 372 g/mol. The maximum atomic E-state index is 11.9. The van der Waals surface area contributed by atoms with Crippen LogP contribution < -0.4 is 17.8 Å². The monoisotopic (exact) mass is 388 g/mol. The Morgan fingerprint density at radius 1 is 0.600 bits per heavy atom. The summed E-state index contributed by atoms with van der Waals surface area (Å²) in [5.41, 5.74) is 0. The molecule has 2 aromatic rings. The second-order valence-corrected chi connectivity index (χ2v) is 8.26. The molecule has 0 aliphatic heterocycles. The molecule has 0 aliphatic carbocycles. The highest BCUT2D eigenvalue weighted by Crippen LogP contribution is 2.21. The summed E-state index contributed by atoms with van der Waals surface area (Å²) in [6, 6.07) is 11.3. The standard InChI is InChI=1S/C15H16O8S2/c1-20-12-3-7-14(8-4-12)22-24(16,17)11-25(18,19)23-15-9-5-13(21-2)6-10-15/h3-10H,11H2,1-2H3. The fraction of sp³-hybridized carbons (Fsp3) is 0.200. The summed E-state index contributed by atoms with van der Waals surface area (Å²) >= 11 is 0. The molecule has 0 saturated heterocycles. The summed E-state index contributed by atoms with van der Waals surface area (Å²) in [7, 11) is -5.94. The Balaban J connectivity index is 2.06. The van der Waals surface area contributed by atoms with Gasteiger partial charge in [0.15, 0.2) is 0 Å². The highest BCUT2D eigenvalue weighted by atomic mass is 32.3. The fourth-order valence-electron chi connectivity index (χ4n) is 1.78. The van der Waals surface area contributed by atoms with Crippen LogP contribution in [0.3, 0.4) is 0 Å². The molecule has 0 atom stereocenters. The maximum Gasteiger partial charge on any atom is 0.327 e. The highest BCUT2D eigenvalue weighted by Gasteiger charge is 2.26. The van der Waals surface area contributed by atoms with E-state index in [1.165, 1.54) is 62.8 Å². The van der Waals surface area contributed by atoms with Crippen molar-refractivity contribution in [3.8, 4) is 23.0 Å². The van der Waals surface area contributed by atoms with Crippen molar-refractivity contribution in [3.63, 3.8) is 0 Å². The Morgan fingerprint density at radius 3 is 1.16 bits per heavy atom. The topological polar surface area (TPSA) is 105 Å². The zero-order chi connectivity index (χ0) is 18.5. The van der Waals surface area contributed by atoms with Crippen LogP contribution >= 0.6 is 0 Å². The molecule has 25 heavy (non-hydrogen) atoms. The summed E-state index contributed by atoms with van der Waals surface area (Å²) in [5.74, 6) is 0.918. The average molecular weight is 388 g/mol. The molecule has 0 unspecified atom stereocenters. The molecule has 2 rings (SSSR count). The van der Waals surface area contributed by atoms with E-state index < -0.39 is 25.3 Å². The van der Waals surface area contributed by atoms with E-state index in [4.69, 9.17) is 17.8 Å². The largest absolute Gasteiger partial charge is 0.497 e. The minimum atomic E-state index is -4.42. The van der Waals surface area contributed by atoms with Crippen molar-refractivity contribution in [3.05, 3.63) is 48.5 Å². The molecule has 10 heteroatoms. The van der Waals surface area contributed by atoms with Crippen LogP contribution in [0.25, 0.3) is 0 Å². The first-order chi connectivity index (χ1) is 11.7. The first kappa shape index (κ1) is 18.9. The molecule has 0 heterocycles. The predicted octanol–water partition coefficient (Wildman–Crippen LogP) is 1.78. The fourth-order valence-corrected chi connectivity index (χ4v) is 4.39. The van der Waals surface area contributed by atoms with Gasteiger partial charge in [0.05, 0.1) is 14.2 Å². The lowest BCUT2D eigenvalue weighted by Crippen LogP contribution is -2.24. The van der Waals surface area contributed by atoms with Crippen LogP contribution in [0.4, 0.5) is 0 Å². The van der Waals surface area contributed by atoms with Crippen LogP contribution in [0.15, 0.2) is 48.5 Å². The van der Waals surface area contributed by atoms with E-state index in [2.05, 4.69) is 0 Å². The van der Waals surface area contributed by atoms with E-state index in [0.717, 1.165) is 0 Å². The molecular formula is C15H16O8S2. The molecule has 2 aromatic carbocycles. The summed E-state index contributed by atoms with van der Waals surface area (Å²) < 4.78 is 67.1. The third kappa shape index (κ3) is 5.84. The van der Waals surface area contributed by atoms with Crippen molar-refractivity contribution >= 4 is 20.2 Å². The van der Waals surface area contributed by atoms with Crippen LogP contribution in [0.5, 0.6) is 23.0 Å². The molecule has 136 valence electrons. The van der Waals surface area contributed by atoms with Gasteiger partial charge in [0.1, 0.15) is 23.0 Å². The van der Waals surface area contributed by atoms with Crippen LogP contribution in [-0.4, -0.2) is 36.1 Å². The summed E-state index contributed by atoms with van der Waals surface area (Å²) in [6.45, 7) is 0. The van der Waals surface area contributed by atoms with Gasteiger partial charge in [-0.25, -0.2) is 0 Å². The average Bonchev–Trinajstić information content (AvgIpc) is 2.54. The maximum absolute atomic E-state index is 11.9. The molecule has 0 radical (unpaired) electrons. The second kappa shape index (κ2) is 7.62. The van der Waals surface area contributed by atoms with Crippen molar-refractivity contribution in [2.24, 2.45) is 0 Å². The Bertz CT molecular complexity index is 824. The molecule has 0 bridgehead atoms. The van der Waals surface area contributed by atoms with Crippen LogP contribution in [0.1, 0.15) is 0 Å². The lowest BCUT2D eigenvalue weighted by Gasteiger charge is -2.09. The van der Waals surface area contributed by atoms with Crippen molar-refractivity contribution in [1.82, 2.24) is 0 Å². The van der Waals surface area contributed by atoms with Crippen molar-refractivity contribution in [2.45, 2.75) is 0 Å². The molecule has 8 nitrogen and oxygen atoms in total. The van der Waals surface area contributed by atoms with Crippen LogP contribution in [0, 0.1) is 0 Å². The lowest BCUT2D eigenvalue weighted by molar-refractivity contribution is 0.413. The predicted molar refractivity (Wildman–Crippen MR) is 90.0 cm³/mol. The quantitative estimate of drug-likeness (QED) is 0.630. The van der Waals surface area contributed by atoms with Gasteiger partial charge in [-0.2, -0.15) is 16.8 Å². The number of ether oxygens (including phenoxy) is 2. The second-order valence-electron chi connectivity index (χ2n) is 4.75. The van der Waals surface area contributed by atoms with Crippen molar-refractivity contribution in [2.75, 3.05) is 19.3 Å². The Kier molecular flexibility index (Phi) is 5.75. The van der Waals surface area contributed by atoms with E-state index in [0.29, 0.717) is 11.5 Å². The SMILES string of the molecule is COc1ccc(OS(=O)(=O)CS(=O)(=O)Oc2ccc(OC)cc2)cc1. The minimum absolute atomic E-state index is 0.0413. The summed E-state index contributed by atoms with van der Waals surface area (Å²) in [6.07, 6.45) is 0. The Hall–Kier alpha value is -2.46. The number of rotatable bonds is 8. The van der Waals surface area contributed by atoms with Gasteiger partial charge < -0.3 is 17.8 Å². The lowest BCUT2D eigenvalue weighted by atomic mass is 10.3.